The number of carboxylic acid groups (broad SMARTS) is 1. The molecule has 0 aromatic carbocycles. The highest BCUT2D eigenvalue weighted by molar-refractivity contribution is 6.17. The summed E-state index contributed by atoms with van der Waals surface area (Å²) in [5.74, 6) is -1.83. The van der Waals surface area contributed by atoms with E-state index in [2.05, 4.69) is 0 Å². The molecule has 0 spiro atoms. The van der Waals surface area contributed by atoms with Crippen LogP contribution in [0.2, 0.25) is 0 Å². The Morgan fingerprint density at radius 3 is 2.33 bits per heavy atom. The van der Waals surface area contributed by atoms with Crippen LogP contribution in [-0.4, -0.2) is 59.1 Å². The zero-order valence-corrected chi connectivity index (χ0v) is 13.1. The Kier molecular flexibility index (Phi) is 8.37. The number of alkyl halides is 2. The van der Waals surface area contributed by atoms with E-state index in [-0.39, 0.29) is 37.1 Å². The molecule has 136 valence electrons. The number of hydrogen-bond donors (Lipinski definition) is 4. The fourth-order valence-corrected chi connectivity index (χ4v) is 1.74. The van der Waals surface area contributed by atoms with Crippen molar-refractivity contribution in [2.24, 2.45) is 11.5 Å². The van der Waals surface area contributed by atoms with E-state index in [4.69, 9.17) is 16.6 Å². The minimum Gasteiger partial charge on any atom is -0.480 e. The standard InChI is InChI=1S/C8H7NO2.C6H12F2N2O2.H3N/c10-6-1-2-8(11)7(5-6)9-3-4-9;7-4(8)6(10,5(11)12)2-1-3-9;/h1-2,5H,3-4H2;4H,1-3,9-10H2,(H,11,12);1H3. The molecule has 8 nitrogen and oxygen atoms in total. The number of halogens is 2. The first-order valence-electron chi connectivity index (χ1n) is 6.96. The van der Waals surface area contributed by atoms with Crippen molar-refractivity contribution in [3.8, 4) is 0 Å². The van der Waals surface area contributed by atoms with Crippen LogP contribution in [0.3, 0.4) is 0 Å². The molecular formula is C14H22F2N4O4. The molecule has 0 saturated carbocycles. The van der Waals surface area contributed by atoms with Crippen molar-refractivity contribution in [3.63, 3.8) is 0 Å². The highest BCUT2D eigenvalue weighted by Crippen LogP contribution is 2.19. The van der Waals surface area contributed by atoms with Gasteiger partial charge in [0.1, 0.15) is 0 Å². The predicted octanol–water partition coefficient (Wildman–Crippen LogP) is -0.172. The zero-order valence-electron chi connectivity index (χ0n) is 13.1. The Morgan fingerprint density at radius 1 is 1.33 bits per heavy atom. The highest BCUT2D eigenvalue weighted by Gasteiger charge is 2.42. The number of aliphatic carboxylic acids is 1. The Balaban J connectivity index is 0.000000423. The molecule has 10 heteroatoms. The van der Waals surface area contributed by atoms with Crippen LogP contribution in [0.4, 0.5) is 8.78 Å². The van der Waals surface area contributed by atoms with E-state index in [1.807, 2.05) is 4.90 Å². The van der Waals surface area contributed by atoms with Crippen LogP contribution in [0.5, 0.6) is 0 Å². The average Bonchev–Trinajstić information content (AvgIpc) is 3.32. The van der Waals surface area contributed by atoms with E-state index in [9.17, 15) is 23.2 Å². The fraction of sp³-hybridized carbons (Fsp3) is 0.500. The number of carboxylic acids is 1. The van der Waals surface area contributed by atoms with Crippen molar-refractivity contribution >= 4 is 17.5 Å². The molecule has 1 unspecified atom stereocenters. The second-order valence-corrected chi connectivity index (χ2v) is 5.16. The minimum absolute atomic E-state index is 0. The van der Waals surface area contributed by atoms with Crippen molar-refractivity contribution in [1.29, 1.82) is 0 Å². The number of ketones is 2. The molecule has 0 aromatic heterocycles. The Morgan fingerprint density at radius 2 is 1.92 bits per heavy atom. The smallest absolute Gasteiger partial charge is 0.329 e. The molecular weight excluding hydrogens is 326 g/mol. The Labute approximate surface area is 137 Å². The normalized spacial score (nSPS) is 18.2. The number of nitrogens with zero attached hydrogens (tertiary/aromatic N) is 1. The lowest BCUT2D eigenvalue weighted by atomic mass is 9.95. The van der Waals surface area contributed by atoms with Crippen LogP contribution in [0.1, 0.15) is 12.8 Å². The molecule has 1 aliphatic heterocycles. The Bertz CT molecular complexity index is 547. The van der Waals surface area contributed by atoms with Gasteiger partial charge in [0.25, 0.3) is 6.43 Å². The number of carbonyl (C=O) groups excluding carboxylic acids is 2. The summed E-state index contributed by atoms with van der Waals surface area (Å²) in [7, 11) is 0. The van der Waals surface area contributed by atoms with Gasteiger partial charge in [-0.25, -0.2) is 13.6 Å². The van der Waals surface area contributed by atoms with Crippen molar-refractivity contribution in [2.75, 3.05) is 19.6 Å². The van der Waals surface area contributed by atoms with Gasteiger partial charge >= 0.3 is 5.97 Å². The highest BCUT2D eigenvalue weighted by atomic mass is 19.3. The zero-order chi connectivity index (χ0) is 17.6. The number of allylic oxidation sites excluding steroid dienone is 3. The summed E-state index contributed by atoms with van der Waals surface area (Å²) in [6, 6.07) is 0. The van der Waals surface area contributed by atoms with Gasteiger partial charge in [-0.05, 0) is 31.5 Å². The van der Waals surface area contributed by atoms with Gasteiger partial charge in [-0.1, -0.05) is 0 Å². The van der Waals surface area contributed by atoms with Gasteiger partial charge in [0.15, 0.2) is 11.3 Å². The molecule has 0 amide bonds. The number of carbonyl (C=O) groups is 3. The maximum atomic E-state index is 12.1. The lowest BCUT2D eigenvalue weighted by Crippen LogP contribution is -2.54. The molecule has 0 bridgehead atoms. The molecule has 2 aliphatic rings. The van der Waals surface area contributed by atoms with Crippen molar-refractivity contribution in [3.05, 3.63) is 23.9 Å². The maximum Gasteiger partial charge on any atom is 0.329 e. The van der Waals surface area contributed by atoms with E-state index >= 15 is 0 Å². The summed E-state index contributed by atoms with van der Waals surface area (Å²) >= 11 is 0. The second kappa shape index (κ2) is 9.21. The second-order valence-electron chi connectivity index (χ2n) is 5.16. The molecule has 2 rings (SSSR count). The quantitative estimate of drug-likeness (QED) is 0.380. The summed E-state index contributed by atoms with van der Waals surface area (Å²) in [4.78, 5) is 34.1. The molecule has 1 atom stereocenters. The lowest BCUT2D eigenvalue weighted by molar-refractivity contribution is -0.150. The first-order valence-corrected chi connectivity index (χ1v) is 6.96. The van der Waals surface area contributed by atoms with Gasteiger partial charge in [-0.15, -0.1) is 0 Å². The van der Waals surface area contributed by atoms with Gasteiger partial charge in [-0.3, -0.25) is 9.59 Å². The third-order valence-corrected chi connectivity index (χ3v) is 3.30. The lowest BCUT2D eigenvalue weighted by Gasteiger charge is -2.22. The van der Waals surface area contributed by atoms with Crippen molar-refractivity contribution in [2.45, 2.75) is 24.8 Å². The molecule has 0 radical (unpaired) electrons. The topological polar surface area (TPSA) is 161 Å². The molecule has 0 aromatic rings. The molecule has 24 heavy (non-hydrogen) atoms. The Hall–Kier alpha value is -2.17. The maximum absolute atomic E-state index is 12.1. The largest absolute Gasteiger partial charge is 0.480 e. The van der Waals surface area contributed by atoms with Gasteiger partial charge in [0.2, 0.25) is 5.78 Å². The van der Waals surface area contributed by atoms with Crippen LogP contribution in [-0.2, 0) is 14.4 Å². The monoisotopic (exact) mass is 348 g/mol. The number of nitrogens with two attached hydrogens (primary N) is 2. The average molecular weight is 348 g/mol. The van der Waals surface area contributed by atoms with E-state index in [1.165, 1.54) is 18.2 Å². The molecule has 1 saturated heterocycles. The minimum atomic E-state index is -3.07. The van der Waals surface area contributed by atoms with Crippen LogP contribution in [0.25, 0.3) is 0 Å². The predicted molar refractivity (Wildman–Crippen MR) is 82.7 cm³/mol. The van der Waals surface area contributed by atoms with E-state index in [0.29, 0.717) is 5.70 Å². The molecule has 1 fully saturated rings. The van der Waals surface area contributed by atoms with Crippen LogP contribution >= 0.6 is 0 Å². The van der Waals surface area contributed by atoms with Crippen LogP contribution in [0.15, 0.2) is 23.9 Å². The summed E-state index contributed by atoms with van der Waals surface area (Å²) in [6.45, 7) is 1.95. The van der Waals surface area contributed by atoms with Gasteiger partial charge in [0, 0.05) is 19.2 Å². The fourth-order valence-electron chi connectivity index (χ4n) is 1.74. The summed E-state index contributed by atoms with van der Waals surface area (Å²) in [6.07, 6.45) is 0.825. The summed E-state index contributed by atoms with van der Waals surface area (Å²) < 4.78 is 24.2. The van der Waals surface area contributed by atoms with Crippen molar-refractivity contribution < 1.29 is 28.3 Å². The van der Waals surface area contributed by atoms with E-state index in [1.54, 1.807) is 0 Å². The van der Waals surface area contributed by atoms with E-state index < -0.39 is 17.9 Å². The number of rotatable bonds is 6. The van der Waals surface area contributed by atoms with Crippen LogP contribution < -0.4 is 17.6 Å². The number of hydrogen-bond acceptors (Lipinski definition) is 7. The van der Waals surface area contributed by atoms with Crippen molar-refractivity contribution in [1.82, 2.24) is 11.1 Å². The van der Waals surface area contributed by atoms with Gasteiger partial charge in [-0.2, -0.15) is 0 Å². The summed E-state index contributed by atoms with van der Waals surface area (Å²) in [5, 5.41) is 8.38. The SMILES string of the molecule is N.NCCCC(N)(C(=O)O)C(F)F.O=C1C=CC(=O)C(N2CC2)=C1. The van der Waals surface area contributed by atoms with Crippen LogP contribution in [0, 0.1) is 0 Å². The summed E-state index contributed by atoms with van der Waals surface area (Å²) in [5.41, 5.74) is 8.12. The third-order valence-electron chi connectivity index (χ3n) is 3.30. The third kappa shape index (κ3) is 5.80. The molecule has 1 heterocycles. The first-order chi connectivity index (χ1) is 10.7. The molecule has 8 N–H and O–H groups in total. The van der Waals surface area contributed by atoms with Gasteiger partial charge < -0.3 is 27.6 Å². The van der Waals surface area contributed by atoms with Gasteiger partial charge in [0.05, 0.1) is 5.70 Å². The molecule has 1 aliphatic carbocycles. The van der Waals surface area contributed by atoms with E-state index in [0.717, 1.165) is 13.1 Å². The first kappa shape index (κ1) is 21.8.